The normalized spacial score (nSPS) is 16.8. The maximum atomic E-state index is 12.8. The number of rotatable bonds is 3. The fourth-order valence-corrected chi connectivity index (χ4v) is 4.42. The van der Waals surface area contributed by atoms with Crippen molar-refractivity contribution in [2.75, 3.05) is 26.3 Å². The van der Waals surface area contributed by atoms with Gasteiger partial charge in [0, 0.05) is 42.0 Å². The number of thiophene rings is 1. The minimum atomic E-state index is 0.140. The molecule has 3 rings (SSSR count). The largest absolute Gasteiger partial charge is 0.379 e. The summed E-state index contributed by atoms with van der Waals surface area (Å²) in [6.07, 6.45) is 0. The van der Waals surface area contributed by atoms with Crippen molar-refractivity contribution >= 4 is 21.4 Å². The molecule has 0 radical (unpaired) electrons. The Hall–Kier alpha value is -1.17. The minimum absolute atomic E-state index is 0.140. The van der Waals surface area contributed by atoms with Crippen LogP contribution >= 0.6 is 11.3 Å². The van der Waals surface area contributed by atoms with Crippen LogP contribution in [0, 0.1) is 6.92 Å². The van der Waals surface area contributed by atoms with Crippen molar-refractivity contribution in [2.24, 2.45) is 7.05 Å². The first-order chi connectivity index (χ1) is 10.5. The number of aromatic nitrogens is 1. The highest BCUT2D eigenvalue weighted by Gasteiger charge is 2.18. The van der Waals surface area contributed by atoms with Crippen molar-refractivity contribution in [3.05, 3.63) is 32.6 Å². The molecule has 4 nitrogen and oxygen atoms in total. The molecule has 0 bridgehead atoms. The van der Waals surface area contributed by atoms with E-state index in [0.29, 0.717) is 5.92 Å². The molecular weight excluding hydrogens is 296 g/mol. The Kier molecular flexibility index (Phi) is 4.39. The molecule has 22 heavy (non-hydrogen) atoms. The second kappa shape index (κ2) is 6.14. The lowest BCUT2D eigenvalue weighted by molar-refractivity contribution is 0.0332. The van der Waals surface area contributed by atoms with Gasteiger partial charge in [0.05, 0.1) is 18.6 Å². The number of morpholine rings is 1. The smallest absolute Gasteiger partial charge is 0.259 e. The topological polar surface area (TPSA) is 34.5 Å². The Morgan fingerprint density at radius 2 is 2.00 bits per heavy atom. The molecule has 1 fully saturated rings. The van der Waals surface area contributed by atoms with Gasteiger partial charge in [0.15, 0.2) is 0 Å². The molecule has 0 saturated carbocycles. The summed E-state index contributed by atoms with van der Waals surface area (Å²) in [7, 11) is 1.89. The number of nitrogens with zero attached hydrogens (tertiary/aromatic N) is 2. The number of fused-ring (bicyclic) bond motifs is 1. The van der Waals surface area contributed by atoms with Crippen LogP contribution in [0.1, 0.15) is 35.9 Å². The van der Waals surface area contributed by atoms with Crippen molar-refractivity contribution in [3.8, 4) is 0 Å². The highest BCUT2D eigenvalue weighted by molar-refractivity contribution is 7.19. The molecule has 1 aliphatic heterocycles. The molecule has 0 unspecified atom stereocenters. The zero-order valence-corrected chi connectivity index (χ0v) is 14.6. The first-order valence-corrected chi connectivity index (χ1v) is 8.72. The maximum absolute atomic E-state index is 12.8. The number of hydrogen-bond donors (Lipinski definition) is 0. The summed E-state index contributed by atoms with van der Waals surface area (Å²) in [6.45, 7) is 10.7. The van der Waals surface area contributed by atoms with Gasteiger partial charge < -0.3 is 9.30 Å². The van der Waals surface area contributed by atoms with Crippen molar-refractivity contribution in [1.29, 1.82) is 0 Å². The number of pyridine rings is 1. The van der Waals surface area contributed by atoms with Crippen molar-refractivity contribution in [2.45, 2.75) is 33.2 Å². The molecular formula is C17H24N2O2S. The monoisotopic (exact) mass is 320 g/mol. The summed E-state index contributed by atoms with van der Waals surface area (Å²) in [5, 5.41) is 0.905. The van der Waals surface area contributed by atoms with E-state index < -0.39 is 0 Å². The van der Waals surface area contributed by atoms with Crippen LogP contribution in [0.25, 0.3) is 10.1 Å². The molecule has 1 aliphatic rings. The van der Waals surface area contributed by atoms with Crippen LogP contribution in [-0.4, -0.2) is 35.8 Å². The van der Waals surface area contributed by atoms with Gasteiger partial charge in [-0.1, -0.05) is 13.8 Å². The van der Waals surface area contributed by atoms with E-state index in [2.05, 4.69) is 31.7 Å². The molecule has 5 heteroatoms. The zero-order chi connectivity index (χ0) is 15.9. The third-order valence-electron chi connectivity index (χ3n) is 4.47. The van der Waals surface area contributed by atoms with Crippen molar-refractivity contribution < 1.29 is 4.74 Å². The van der Waals surface area contributed by atoms with Gasteiger partial charge in [-0.3, -0.25) is 9.69 Å². The Morgan fingerprint density at radius 3 is 2.64 bits per heavy atom. The fourth-order valence-electron chi connectivity index (χ4n) is 3.16. The van der Waals surface area contributed by atoms with E-state index in [0.717, 1.165) is 54.2 Å². The summed E-state index contributed by atoms with van der Waals surface area (Å²) in [6, 6.07) is 2.20. The molecule has 0 aromatic carbocycles. The predicted octanol–water partition coefficient (Wildman–Crippen LogP) is 2.86. The Balaban J connectivity index is 2.05. The van der Waals surface area contributed by atoms with Crippen LogP contribution in [-0.2, 0) is 18.3 Å². The molecule has 0 aliphatic carbocycles. The first-order valence-electron chi connectivity index (χ1n) is 7.91. The average Bonchev–Trinajstić information content (AvgIpc) is 2.82. The molecule has 0 spiro atoms. The summed E-state index contributed by atoms with van der Waals surface area (Å²) >= 11 is 1.77. The van der Waals surface area contributed by atoms with E-state index in [9.17, 15) is 4.79 Å². The van der Waals surface area contributed by atoms with Crippen molar-refractivity contribution in [3.63, 3.8) is 0 Å². The second-order valence-corrected chi connectivity index (χ2v) is 7.46. The van der Waals surface area contributed by atoms with E-state index in [-0.39, 0.29) is 5.56 Å². The number of ether oxygens (including phenoxy) is 1. The van der Waals surface area contributed by atoms with E-state index >= 15 is 0 Å². The lowest BCUT2D eigenvalue weighted by Gasteiger charge is -2.27. The van der Waals surface area contributed by atoms with Crippen molar-refractivity contribution in [1.82, 2.24) is 9.47 Å². The van der Waals surface area contributed by atoms with Gasteiger partial charge in [0.2, 0.25) is 0 Å². The van der Waals surface area contributed by atoms with Crippen LogP contribution in [0.15, 0.2) is 10.9 Å². The standard InChI is InChI=1S/C17H24N2O2S/c1-11(2)16-12(3)15-14(22-16)9-13(18(4)17(15)20)10-19-5-7-21-8-6-19/h9,11H,5-8,10H2,1-4H3. The van der Waals surface area contributed by atoms with Gasteiger partial charge in [-0.25, -0.2) is 0 Å². The molecule has 3 heterocycles. The summed E-state index contributed by atoms with van der Waals surface area (Å²) in [4.78, 5) is 16.5. The Morgan fingerprint density at radius 1 is 1.32 bits per heavy atom. The fraction of sp³-hybridized carbons (Fsp3) is 0.588. The van der Waals surface area contributed by atoms with Gasteiger partial charge in [0.25, 0.3) is 5.56 Å². The third kappa shape index (κ3) is 2.73. The van der Waals surface area contributed by atoms with E-state index in [1.54, 1.807) is 11.3 Å². The molecule has 2 aromatic rings. The maximum Gasteiger partial charge on any atom is 0.259 e. The molecule has 2 aromatic heterocycles. The summed E-state index contributed by atoms with van der Waals surface area (Å²) in [5.41, 5.74) is 2.39. The Labute approximate surface area is 135 Å². The van der Waals surface area contributed by atoms with Gasteiger partial charge in [0.1, 0.15) is 0 Å². The highest BCUT2D eigenvalue weighted by atomic mass is 32.1. The average molecular weight is 320 g/mol. The van der Waals surface area contributed by atoms with Crippen LogP contribution in [0.5, 0.6) is 0 Å². The molecule has 0 amide bonds. The van der Waals surface area contributed by atoms with Gasteiger partial charge in [-0.15, -0.1) is 11.3 Å². The molecule has 0 N–H and O–H groups in total. The lowest BCUT2D eigenvalue weighted by atomic mass is 10.1. The number of aryl methyl sites for hydroxylation is 1. The number of hydrogen-bond acceptors (Lipinski definition) is 4. The summed E-state index contributed by atoms with van der Waals surface area (Å²) in [5.74, 6) is 0.463. The zero-order valence-electron chi connectivity index (χ0n) is 13.8. The SMILES string of the molecule is Cc1c(C(C)C)sc2cc(CN3CCOCC3)n(C)c(=O)c12. The van der Waals surface area contributed by atoms with Crippen LogP contribution in [0.2, 0.25) is 0 Å². The van der Waals surface area contributed by atoms with Gasteiger partial charge >= 0.3 is 0 Å². The van der Waals surface area contributed by atoms with Gasteiger partial charge in [-0.2, -0.15) is 0 Å². The van der Waals surface area contributed by atoms with E-state index in [1.165, 1.54) is 4.88 Å². The lowest BCUT2D eigenvalue weighted by Crippen LogP contribution is -2.37. The van der Waals surface area contributed by atoms with Crippen LogP contribution in [0.4, 0.5) is 0 Å². The Bertz CT molecular complexity index is 739. The van der Waals surface area contributed by atoms with Crippen LogP contribution in [0.3, 0.4) is 0 Å². The van der Waals surface area contributed by atoms with Crippen LogP contribution < -0.4 is 5.56 Å². The predicted molar refractivity (Wildman–Crippen MR) is 92.0 cm³/mol. The highest BCUT2D eigenvalue weighted by Crippen LogP contribution is 2.34. The molecule has 120 valence electrons. The van der Waals surface area contributed by atoms with E-state index in [4.69, 9.17) is 4.74 Å². The molecule has 1 saturated heterocycles. The quantitative estimate of drug-likeness (QED) is 0.872. The molecule has 0 atom stereocenters. The van der Waals surface area contributed by atoms with E-state index in [1.807, 2.05) is 11.6 Å². The summed E-state index contributed by atoms with van der Waals surface area (Å²) < 4.78 is 8.35. The first kappa shape index (κ1) is 15.7. The van der Waals surface area contributed by atoms with Gasteiger partial charge in [-0.05, 0) is 24.5 Å². The second-order valence-electron chi connectivity index (χ2n) is 6.37. The third-order valence-corrected chi connectivity index (χ3v) is 6.01. The minimum Gasteiger partial charge on any atom is -0.379 e.